The van der Waals surface area contributed by atoms with E-state index in [1.165, 1.54) is 24.0 Å². The van der Waals surface area contributed by atoms with Gasteiger partial charge in [0, 0.05) is 6.61 Å². The van der Waals surface area contributed by atoms with Crippen LogP contribution in [0.25, 0.3) is 0 Å². The van der Waals surface area contributed by atoms with E-state index in [4.69, 9.17) is 4.74 Å². The summed E-state index contributed by atoms with van der Waals surface area (Å²) in [6.07, 6.45) is 4.98. The molecule has 1 saturated carbocycles. The molecule has 1 atom stereocenters. The van der Waals surface area contributed by atoms with Crippen LogP contribution in [0.1, 0.15) is 50.3 Å². The molecule has 2 nitrogen and oxygen atoms in total. The Bertz CT molecular complexity index is 356. The molecule has 1 unspecified atom stereocenters. The first-order valence-corrected chi connectivity index (χ1v) is 7.73. The second-order valence-corrected chi connectivity index (χ2v) is 5.58. The normalized spacial score (nSPS) is 16.5. The van der Waals surface area contributed by atoms with E-state index < -0.39 is 0 Å². The monoisotopic (exact) mass is 261 g/mol. The van der Waals surface area contributed by atoms with Crippen molar-refractivity contribution < 1.29 is 4.74 Å². The minimum absolute atomic E-state index is 0.338. The first kappa shape index (κ1) is 14.5. The van der Waals surface area contributed by atoms with Gasteiger partial charge >= 0.3 is 0 Å². The molecule has 2 heteroatoms. The zero-order valence-electron chi connectivity index (χ0n) is 12.3. The molecule has 1 aromatic carbocycles. The third-order valence-electron chi connectivity index (χ3n) is 3.77. The van der Waals surface area contributed by atoms with Crippen molar-refractivity contribution in [3.05, 3.63) is 35.4 Å². The zero-order chi connectivity index (χ0) is 13.5. The van der Waals surface area contributed by atoms with Gasteiger partial charge in [-0.25, -0.2) is 0 Å². The van der Waals surface area contributed by atoms with Gasteiger partial charge in [-0.2, -0.15) is 0 Å². The van der Waals surface area contributed by atoms with Crippen LogP contribution in [0.4, 0.5) is 0 Å². The largest absolute Gasteiger partial charge is 0.379 e. The maximum Gasteiger partial charge on any atom is 0.0661 e. The summed E-state index contributed by atoms with van der Waals surface area (Å²) in [6, 6.07) is 9.29. The zero-order valence-corrected chi connectivity index (χ0v) is 12.3. The van der Waals surface area contributed by atoms with Crippen LogP contribution < -0.4 is 5.32 Å². The highest BCUT2D eigenvalue weighted by Gasteiger charge is 2.22. The molecule has 1 aliphatic rings. The van der Waals surface area contributed by atoms with Crippen molar-refractivity contribution in [2.45, 2.75) is 45.6 Å². The van der Waals surface area contributed by atoms with Gasteiger partial charge in [-0.3, -0.25) is 0 Å². The number of rotatable bonds is 9. The van der Waals surface area contributed by atoms with Gasteiger partial charge in [0.2, 0.25) is 0 Å². The Hall–Kier alpha value is -0.860. The molecule has 0 amide bonds. The highest BCUT2D eigenvalue weighted by Crippen LogP contribution is 2.29. The molecule has 0 heterocycles. The topological polar surface area (TPSA) is 21.3 Å². The highest BCUT2D eigenvalue weighted by atomic mass is 16.5. The van der Waals surface area contributed by atoms with E-state index in [2.05, 4.69) is 43.4 Å². The van der Waals surface area contributed by atoms with Crippen LogP contribution in [0.15, 0.2) is 24.3 Å². The fraction of sp³-hybridized carbons (Fsp3) is 0.647. The van der Waals surface area contributed by atoms with Gasteiger partial charge in [-0.1, -0.05) is 38.1 Å². The quantitative estimate of drug-likeness (QED) is 0.731. The SMILES string of the molecule is CCCNC(COCC1CC1)c1ccc(CC)cc1. The summed E-state index contributed by atoms with van der Waals surface area (Å²) in [6.45, 7) is 7.18. The summed E-state index contributed by atoms with van der Waals surface area (Å²) in [5.41, 5.74) is 2.75. The van der Waals surface area contributed by atoms with Crippen molar-refractivity contribution in [1.82, 2.24) is 5.32 Å². The Balaban J connectivity index is 1.88. The van der Waals surface area contributed by atoms with E-state index in [0.29, 0.717) is 6.04 Å². The van der Waals surface area contributed by atoms with E-state index in [-0.39, 0.29) is 0 Å². The summed E-state index contributed by atoms with van der Waals surface area (Å²) in [7, 11) is 0. The van der Waals surface area contributed by atoms with Gasteiger partial charge in [0.05, 0.1) is 12.6 Å². The molecule has 19 heavy (non-hydrogen) atoms. The molecule has 1 aromatic rings. The standard InChI is InChI=1S/C17H27NO/c1-3-11-18-17(13-19-12-15-5-6-15)16-9-7-14(4-2)8-10-16/h7-10,15,17-18H,3-6,11-13H2,1-2H3. The minimum atomic E-state index is 0.338. The van der Waals surface area contributed by atoms with Crippen LogP contribution >= 0.6 is 0 Å². The molecular weight excluding hydrogens is 234 g/mol. The molecule has 0 bridgehead atoms. The summed E-state index contributed by atoms with van der Waals surface area (Å²) in [5.74, 6) is 0.842. The number of benzene rings is 1. The Morgan fingerprint density at radius 2 is 1.95 bits per heavy atom. The molecular formula is C17H27NO. The van der Waals surface area contributed by atoms with E-state index >= 15 is 0 Å². The lowest BCUT2D eigenvalue weighted by Crippen LogP contribution is -2.26. The predicted molar refractivity (Wildman–Crippen MR) is 80.4 cm³/mol. The molecule has 0 aromatic heterocycles. The van der Waals surface area contributed by atoms with Gasteiger partial charge in [0.25, 0.3) is 0 Å². The van der Waals surface area contributed by atoms with E-state index in [1.54, 1.807) is 0 Å². The molecule has 0 saturated heterocycles. The molecule has 0 aliphatic heterocycles. The maximum absolute atomic E-state index is 5.87. The number of hydrogen-bond donors (Lipinski definition) is 1. The van der Waals surface area contributed by atoms with Crippen LogP contribution in [0.2, 0.25) is 0 Å². The molecule has 2 rings (SSSR count). The van der Waals surface area contributed by atoms with Gasteiger partial charge in [-0.05, 0) is 49.3 Å². The fourth-order valence-electron chi connectivity index (χ4n) is 2.21. The number of hydrogen-bond acceptors (Lipinski definition) is 2. The molecule has 1 aliphatic carbocycles. The Labute approximate surface area is 117 Å². The summed E-state index contributed by atoms with van der Waals surface area (Å²) < 4.78 is 5.87. The summed E-state index contributed by atoms with van der Waals surface area (Å²) in [4.78, 5) is 0. The van der Waals surface area contributed by atoms with Crippen LogP contribution in [-0.2, 0) is 11.2 Å². The second kappa shape index (κ2) is 7.66. The third kappa shape index (κ3) is 4.96. The van der Waals surface area contributed by atoms with Gasteiger partial charge in [0.1, 0.15) is 0 Å². The molecule has 1 fully saturated rings. The van der Waals surface area contributed by atoms with Crippen molar-refractivity contribution in [3.63, 3.8) is 0 Å². The summed E-state index contributed by atoms with van der Waals surface area (Å²) in [5, 5.41) is 3.59. The van der Waals surface area contributed by atoms with E-state index in [9.17, 15) is 0 Å². The molecule has 0 spiro atoms. The highest BCUT2D eigenvalue weighted by molar-refractivity contribution is 5.25. The van der Waals surface area contributed by atoms with Gasteiger partial charge in [0.15, 0.2) is 0 Å². The average molecular weight is 261 g/mol. The number of ether oxygens (including phenoxy) is 1. The van der Waals surface area contributed by atoms with Crippen LogP contribution in [-0.4, -0.2) is 19.8 Å². The number of aryl methyl sites for hydroxylation is 1. The van der Waals surface area contributed by atoms with Gasteiger partial charge in [-0.15, -0.1) is 0 Å². The maximum atomic E-state index is 5.87. The lowest BCUT2D eigenvalue weighted by Gasteiger charge is -2.19. The predicted octanol–water partition coefficient (Wildman–Crippen LogP) is 3.72. The van der Waals surface area contributed by atoms with Crippen LogP contribution in [0, 0.1) is 5.92 Å². The van der Waals surface area contributed by atoms with Crippen molar-refractivity contribution in [1.29, 1.82) is 0 Å². The van der Waals surface area contributed by atoms with Crippen molar-refractivity contribution in [2.75, 3.05) is 19.8 Å². The average Bonchev–Trinajstić information content (AvgIpc) is 3.27. The van der Waals surface area contributed by atoms with Crippen LogP contribution in [0.5, 0.6) is 0 Å². The minimum Gasteiger partial charge on any atom is -0.379 e. The van der Waals surface area contributed by atoms with Crippen molar-refractivity contribution in [3.8, 4) is 0 Å². The molecule has 0 radical (unpaired) electrons. The summed E-state index contributed by atoms with van der Waals surface area (Å²) >= 11 is 0. The molecule has 1 N–H and O–H groups in total. The lowest BCUT2D eigenvalue weighted by atomic mass is 10.0. The molecule has 106 valence electrons. The lowest BCUT2D eigenvalue weighted by molar-refractivity contribution is 0.103. The first-order chi connectivity index (χ1) is 9.33. The third-order valence-corrected chi connectivity index (χ3v) is 3.77. The van der Waals surface area contributed by atoms with Crippen LogP contribution in [0.3, 0.4) is 0 Å². The van der Waals surface area contributed by atoms with Crippen molar-refractivity contribution in [2.24, 2.45) is 5.92 Å². The Morgan fingerprint density at radius 1 is 1.21 bits per heavy atom. The fourth-order valence-corrected chi connectivity index (χ4v) is 2.21. The first-order valence-electron chi connectivity index (χ1n) is 7.73. The van der Waals surface area contributed by atoms with Gasteiger partial charge < -0.3 is 10.1 Å². The van der Waals surface area contributed by atoms with E-state index in [0.717, 1.165) is 38.5 Å². The Kier molecular flexibility index (Phi) is 5.87. The van der Waals surface area contributed by atoms with Crippen molar-refractivity contribution >= 4 is 0 Å². The smallest absolute Gasteiger partial charge is 0.0661 e. The number of nitrogens with one attached hydrogen (secondary N) is 1. The Morgan fingerprint density at radius 3 is 2.53 bits per heavy atom. The second-order valence-electron chi connectivity index (χ2n) is 5.58. The van der Waals surface area contributed by atoms with E-state index in [1.807, 2.05) is 0 Å².